The van der Waals surface area contributed by atoms with E-state index in [9.17, 15) is 56.2 Å². The fraction of sp³-hybridized carbons (Fsp3) is 1.00. The zero-order valence-electron chi connectivity index (χ0n) is 17.7. The molecule has 34 heavy (non-hydrogen) atoms. The van der Waals surface area contributed by atoms with Crippen LogP contribution < -0.4 is 0 Å². The second kappa shape index (κ2) is 11.6. The molecule has 3 saturated heterocycles. The Morgan fingerprint density at radius 1 is 0.441 bits per heavy atom. The molecule has 0 aromatic rings. The maximum absolute atomic E-state index is 10.6. The molecule has 0 radical (unpaired) electrons. The quantitative estimate of drug-likeness (QED) is 0.154. The Morgan fingerprint density at radius 2 is 0.824 bits per heavy atom. The average Bonchev–Trinajstić information content (AvgIpc) is 2.83. The van der Waals surface area contributed by atoms with Crippen molar-refractivity contribution in [1.29, 1.82) is 0 Å². The van der Waals surface area contributed by atoms with Gasteiger partial charge < -0.3 is 79.9 Å². The van der Waals surface area contributed by atoms with Crippen LogP contribution in [-0.2, 0) is 23.7 Å². The number of hydrogen-bond acceptors (Lipinski definition) is 16. The van der Waals surface area contributed by atoms with Crippen LogP contribution >= 0.6 is 0 Å². The van der Waals surface area contributed by atoms with Gasteiger partial charge in [-0.1, -0.05) is 0 Å². The highest BCUT2D eigenvalue weighted by Gasteiger charge is 2.53. The second-order valence-electron chi connectivity index (χ2n) is 8.33. The summed E-state index contributed by atoms with van der Waals surface area (Å²) in [6.07, 6.45) is -25.6. The largest absolute Gasteiger partial charge is 0.394 e. The molecular weight excluding hydrogens is 472 g/mol. The smallest absolute Gasteiger partial charge is 0.187 e. The fourth-order valence-electron chi connectivity index (χ4n) is 4.03. The van der Waals surface area contributed by atoms with E-state index in [1.54, 1.807) is 0 Å². The van der Waals surface area contributed by atoms with E-state index in [0.717, 1.165) is 0 Å². The van der Waals surface area contributed by atoms with Gasteiger partial charge in [0, 0.05) is 0 Å². The minimum absolute atomic E-state index is 0.769. The Morgan fingerprint density at radius 3 is 1.24 bits per heavy atom. The lowest BCUT2D eigenvalue weighted by Gasteiger charge is -2.48. The number of hydrogen-bond donors (Lipinski definition) is 11. The van der Waals surface area contributed by atoms with Crippen molar-refractivity contribution in [3.63, 3.8) is 0 Å². The SMILES string of the molecule is OC[C@H]1OC(O[C@H]2C(O)O[C@H](CO)[C@@H](O)[C@@H]2OC2O[C@H](CO)[C@@H](O)[C@H](O)[C@H]2O)[C@H](O)[C@@H](O)[C@H]1O. The summed E-state index contributed by atoms with van der Waals surface area (Å²) >= 11 is 0. The summed E-state index contributed by atoms with van der Waals surface area (Å²) in [5.74, 6) is 0. The molecule has 0 amide bonds. The highest BCUT2D eigenvalue weighted by Crippen LogP contribution is 2.32. The van der Waals surface area contributed by atoms with Crippen molar-refractivity contribution in [2.75, 3.05) is 19.8 Å². The van der Waals surface area contributed by atoms with Gasteiger partial charge in [-0.3, -0.25) is 0 Å². The van der Waals surface area contributed by atoms with Crippen LogP contribution in [0.5, 0.6) is 0 Å². The third-order valence-electron chi connectivity index (χ3n) is 6.10. The van der Waals surface area contributed by atoms with Gasteiger partial charge in [0.05, 0.1) is 19.8 Å². The van der Waals surface area contributed by atoms with E-state index in [0.29, 0.717) is 0 Å². The van der Waals surface area contributed by atoms with Gasteiger partial charge in [-0.15, -0.1) is 0 Å². The monoisotopic (exact) mass is 504 g/mol. The predicted molar refractivity (Wildman–Crippen MR) is 101 cm³/mol. The normalized spacial score (nSPS) is 52.5. The summed E-state index contributed by atoms with van der Waals surface area (Å²) in [4.78, 5) is 0. The van der Waals surface area contributed by atoms with Crippen molar-refractivity contribution >= 4 is 0 Å². The van der Waals surface area contributed by atoms with E-state index in [4.69, 9.17) is 23.7 Å². The maximum Gasteiger partial charge on any atom is 0.187 e. The first-order valence-corrected chi connectivity index (χ1v) is 10.6. The minimum atomic E-state index is -1.94. The van der Waals surface area contributed by atoms with Gasteiger partial charge in [0.2, 0.25) is 0 Å². The Labute approximate surface area is 192 Å². The molecular formula is C18H32O16. The van der Waals surface area contributed by atoms with Crippen molar-refractivity contribution in [3.05, 3.63) is 0 Å². The third-order valence-corrected chi connectivity index (χ3v) is 6.10. The molecule has 0 aromatic carbocycles. The summed E-state index contributed by atoms with van der Waals surface area (Å²) in [7, 11) is 0. The summed E-state index contributed by atoms with van der Waals surface area (Å²) in [6, 6.07) is 0. The van der Waals surface area contributed by atoms with Crippen molar-refractivity contribution in [3.8, 4) is 0 Å². The lowest BCUT2D eigenvalue weighted by Crippen LogP contribution is -2.67. The van der Waals surface area contributed by atoms with Gasteiger partial charge in [-0.2, -0.15) is 0 Å². The van der Waals surface area contributed by atoms with E-state index in [2.05, 4.69) is 0 Å². The Kier molecular flexibility index (Phi) is 9.54. The van der Waals surface area contributed by atoms with Crippen molar-refractivity contribution < 1.29 is 79.9 Å². The molecule has 3 fully saturated rings. The molecule has 0 saturated carbocycles. The van der Waals surface area contributed by atoms with Gasteiger partial charge >= 0.3 is 0 Å². The molecule has 11 N–H and O–H groups in total. The van der Waals surface area contributed by atoms with E-state index in [-0.39, 0.29) is 0 Å². The van der Waals surface area contributed by atoms with Crippen molar-refractivity contribution in [1.82, 2.24) is 0 Å². The van der Waals surface area contributed by atoms with E-state index in [1.165, 1.54) is 0 Å². The van der Waals surface area contributed by atoms with Gasteiger partial charge in [0.1, 0.15) is 73.2 Å². The molecule has 200 valence electrons. The van der Waals surface area contributed by atoms with E-state index >= 15 is 0 Å². The zero-order valence-corrected chi connectivity index (χ0v) is 17.7. The van der Waals surface area contributed by atoms with Crippen LogP contribution in [0.2, 0.25) is 0 Å². The molecule has 3 aliphatic rings. The fourth-order valence-corrected chi connectivity index (χ4v) is 4.03. The first kappa shape index (κ1) is 27.9. The minimum Gasteiger partial charge on any atom is -0.394 e. The number of aliphatic hydroxyl groups is 11. The highest BCUT2D eigenvalue weighted by molar-refractivity contribution is 4.96. The summed E-state index contributed by atoms with van der Waals surface area (Å²) < 4.78 is 26.5. The average molecular weight is 504 g/mol. The lowest BCUT2D eigenvalue weighted by molar-refractivity contribution is -0.387. The Hall–Kier alpha value is -0.640. The van der Waals surface area contributed by atoms with Crippen LogP contribution in [0, 0.1) is 0 Å². The van der Waals surface area contributed by atoms with Crippen LogP contribution in [0.3, 0.4) is 0 Å². The summed E-state index contributed by atoms with van der Waals surface area (Å²) in [6.45, 7) is -2.33. The zero-order chi connectivity index (χ0) is 25.3. The Bertz CT molecular complexity index is 637. The first-order chi connectivity index (χ1) is 16.0. The molecule has 15 atom stereocenters. The van der Waals surface area contributed by atoms with Gasteiger partial charge in [0.25, 0.3) is 0 Å². The molecule has 16 heteroatoms. The first-order valence-electron chi connectivity index (χ1n) is 10.6. The predicted octanol–water partition coefficient (Wildman–Crippen LogP) is -7.57. The molecule has 3 aliphatic heterocycles. The number of aliphatic hydroxyl groups excluding tert-OH is 11. The van der Waals surface area contributed by atoms with E-state index in [1.807, 2.05) is 0 Å². The molecule has 0 spiro atoms. The summed E-state index contributed by atoms with van der Waals surface area (Å²) in [5, 5.41) is 109. The van der Waals surface area contributed by atoms with Crippen LogP contribution in [0.25, 0.3) is 0 Å². The van der Waals surface area contributed by atoms with Gasteiger partial charge in [-0.25, -0.2) is 0 Å². The molecule has 3 rings (SSSR count). The molecule has 16 nitrogen and oxygen atoms in total. The van der Waals surface area contributed by atoms with Crippen LogP contribution in [0.15, 0.2) is 0 Å². The third kappa shape index (κ3) is 5.37. The maximum atomic E-state index is 10.6. The highest BCUT2D eigenvalue weighted by atomic mass is 16.8. The van der Waals surface area contributed by atoms with Gasteiger partial charge in [0.15, 0.2) is 18.9 Å². The van der Waals surface area contributed by atoms with Crippen LogP contribution in [0.1, 0.15) is 0 Å². The molecule has 3 unspecified atom stereocenters. The molecule has 0 aromatic heterocycles. The standard InChI is InChI=1S/C18H32O16/c19-1-4-7(22)10(25)12(27)17(31-4)33-14-9(24)6(3-21)30-16(29)15(14)34-18-13(28)11(26)8(23)5(2-20)32-18/h4-29H,1-3H2/t4-,5-,6-,7-,8+,9-,10+,11+,12-,13-,14+,15-,16?,17?,18?/m1/s1. The van der Waals surface area contributed by atoms with Crippen LogP contribution in [0.4, 0.5) is 0 Å². The molecule has 3 heterocycles. The van der Waals surface area contributed by atoms with Crippen LogP contribution in [-0.4, -0.2) is 168 Å². The van der Waals surface area contributed by atoms with Crippen molar-refractivity contribution in [2.24, 2.45) is 0 Å². The molecule has 0 aliphatic carbocycles. The number of ether oxygens (including phenoxy) is 5. The van der Waals surface area contributed by atoms with Crippen molar-refractivity contribution in [2.45, 2.75) is 92.1 Å². The topological polar surface area (TPSA) is 269 Å². The second-order valence-corrected chi connectivity index (χ2v) is 8.33. The molecule has 0 bridgehead atoms. The Balaban J connectivity index is 1.83. The van der Waals surface area contributed by atoms with Gasteiger partial charge in [-0.05, 0) is 0 Å². The summed E-state index contributed by atoms with van der Waals surface area (Å²) in [5.41, 5.74) is 0. The van der Waals surface area contributed by atoms with E-state index < -0.39 is 112 Å². The number of rotatable bonds is 7. The lowest BCUT2D eigenvalue weighted by atomic mass is 9.96.